The lowest BCUT2D eigenvalue weighted by Gasteiger charge is -2.24. The number of hydrogen-bond donors (Lipinski definition) is 0. The Morgan fingerprint density at radius 2 is 2.08 bits per heavy atom. The summed E-state index contributed by atoms with van der Waals surface area (Å²) < 4.78 is 0. The molecule has 1 aliphatic heterocycles. The highest BCUT2D eigenvalue weighted by Crippen LogP contribution is 2.26. The first-order valence-corrected chi connectivity index (χ1v) is 5.35. The van der Waals surface area contributed by atoms with Crippen LogP contribution in [-0.4, -0.2) is 23.4 Å². The summed E-state index contributed by atoms with van der Waals surface area (Å²) in [7, 11) is 0. The van der Waals surface area contributed by atoms with Crippen LogP contribution < -0.4 is 0 Å². The van der Waals surface area contributed by atoms with Crippen LogP contribution in [-0.2, 0) is 4.79 Å². The molecular weight excluding hydrogens is 162 g/mol. The van der Waals surface area contributed by atoms with Crippen molar-refractivity contribution in [1.82, 2.24) is 4.90 Å². The molecule has 0 radical (unpaired) electrons. The standard InChI is InChI=1S/C11H21NO/c1-5-9(4)12-7-10(8(2)3)6-11(12)13/h8-10H,5-7H2,1-4H3. The van der Waals surface area contributed by atoms with Crippen molar-refractivity contribution in [2.45, 2.75) is 46.6 Å². The molecule has 2 nitrogen and oxygen atoms in total. The van der Waals surface area contributed by atoms with Crippen molar-refractivity contribution in [1.29, 1.82) is 0 Å². The summed E-state index contributed by atoms with van der Waals surface area (Å²) in [5.41, 5.74) is 0. The number of nitrogens with zero attached hydrogens (tertiary/aromatic N) is 1. The quantitative estimate of drug-likeness (QED) is 0.657. The van der Waals surface area contributed by atoms with Gasteiger partial charge in [0.25, 0.3) is 0 Å². The van der Waals surface area contributed by atoms with Gasteiger partial charge in [-0.2, -0.15) is 0 Å². The van der Waals surface area contributed by atoms with E-state index in [0.29, 0.717) is 23.8 Å². The highest BCUT2D eigenvalue weighted by atomic mass is 16.2. The van der Waals surface area contributed by atoms with E-state index in [1.807, 2.05) is 4.90 Å². The second kappa shape index (κ2) is 4.12. The second-order valence-electron chi connectivity index (χ2n) is 4.51. The molecule has 1 aliphatic rings. The van der Waals surface area contributed by atoms with Gasteiger partial charge in [-0.15, -0.1) is 0 Å². The van der Waals surface area contributed by atoms with Crippen LogP contribution in [0.25, 0.3) is 0 Å². The van der Waals surface area contributed by atoms with E-state index in [2.05, 4.69) is 27.7 Å². The highest BCUT2D eigenvalue weighted by molar-refractivity contribution is 5.78. The highest BCUT2D eigenvalue weighted by Gasteiger charge is 2.33. The third-order valence-electron chi connectivity index (χ3n) is 3.25. The molecule has 0 aromatic rings. The molecule has 0 N–H and O–H groups in total. The smallest absolute Gasteiger partial charge is 0.223 e. The fourth-order valence-electron chi connectivity index (χ4n) is 1.85. The number of carbonyl (C=O) groups excluding carboxylic acids is 1. The van der Waals surface area contributed by atoms with Crippen LogP contribution in [0.3, 0.4) is 0 Å². The molecule has 2 unspecified atom stereocenters. The van der Waals surface area contributed by atoms with E-state index in [-0.39, 0.29) is 0 Å². The summed E-state index contributed by atoms with van der Waals surface area (Å²) in [6, 6.07) is 0.427. The fourth-order valence-corrected chi connectivity index (χ4v) is 1.85. The summed E-state index contributed by atoms with van der Waals surface area (Å²) in [5.74, 6) is 1.58. The lowest BCUT2D eigenvalue weighted by molar-refractivity contribution is -0.129. The summed E-state index contributed by atoms with van der Waals surface area (Å²) in [6.45, 7) is 9.67. The van der Waals surface area contributed by atoms with Crippen molar-refractivity contribution in [2.24, 2.45) is 11.8 Å². The van der Waals surface area contributed by atoms with Gasteiger partial charge in [0.05, 0.1) is 0 Å². The normalized spacial score (nSPS) is 25.8. The number of amides is 1. The van der Waals surface area contributed by atoms with E-state index in [0.717, 1.165) is 19.4 Å². The average Bonchev–Trinajstić information content (AvgIpc) is 2.46. The molecule has 2 atom stereocenters. The largest absolute Gasteiger partial charge is 0.340 e. The van der Waals surface area contributed by atoms with Crippen LogP contribution in [0.15, 0.2) is 0 Å². The van der Waals surface area contributed by atoms with Crippen molar-refractivity contribution < 1.29 is 4.79 Å². The third kappa shape index (κ3) is 2.23. The number of rotatable bonds is 3. The maximum Gasteiger partial charge on any atom is 0.223 e. The van der Waals surface area contributed by atoms with Crippen LogP contribution in [0, 0.1) is 11.8 Å². The zero-order valence-corrected chi connectivity index (χ0v) is 9.21. The zero-order valence-electron chi connectivity index (χ0n) is 9.21. The average molecular weight is 183 g/mol. The minimum atomic E-state index is 0.355. The summed E-state index contributed by atoms with van der Waals surface area (Å²) in [5, 5.41) is 0. The fraction of sp³-hybridized carbons (Fsp3) is 0.909. The molecule has 0 saturated carbocycles. The van der Waals surface area contributed by atoms with E-state index in [1.54, 1.807) is 0 Å². The Morgan fingerprint density at radius 3 is 2.46 bits per heavy atom. The Morgan fingerprint density at radius 1 is 1.46 bits per heavy atom. The molecule has 0 aromatic heterocycles. The van der Waals surface area contributed by atoms with Crippen molar-refractivity contribution >= 4 is 5.91 Å². The van der Waals surface area contributed by atoms with Gasteiger partial charge in [-0.3, -0.25) is 4.79 Å². The van der Waals surface area contributed by atoms with Gasteiger partial charge < -0.3 is 4.90 Å². The van der Waals surface area contributed by atoms with E-state index >= 15 is 0 Å². The van der Waals surface area contributed by atoms with Gasteiger partial charge in [0.2, 0.25) is 5.91 Å². The minimum Gasteiger partial charge on any atom is -0.340 e. The van der Waals surface area contributed by atoms with Crippen molar-refractivity contribution in [3.63, 3.8) is 0 Å². The Balaban J connectivity index is 2.56. The number of likely N-dealkylation sites (tertiary alicyclic amines) is 1. The molecule has 0 aromatic carbocycles. The predicted octanol–water partition coefficient (Wildman–Crippen LogP) is 2.29. The Kier molecular flexibility index (Phi) is 3.34. The minimum absolute atomic E-state index is 0.355. The molecule has 1 heterocycles. The Bertz CT molecular complexity index is 189. The van der Waals surface area contributed by atoms with Gasteiger partial charge in [0.1, 0.15) is 0 Å². The van der Waals surface area contributed by atoms with Crippen LogP contribution in [0.4, 0.5) is 0 Å². The number of carbonyl (C=O) groups is 1. The molecule has 76 valence electrons. The Labute approximate surface area is 81.3 Å². The van der Waals surface area contributed by atoms with E-state index in [9.17, 15) is 4.79 Å². The molecule has 0 aliphatic carbocycles. The van der Waals surface area contributed by atoms with Gasteiger partial charge >= 0.3 is 0 Å². The van der Waals surface area contributed by atoms with Gasteiger partial charge in [0.15, 0.2) is 0 Å². The second-order valence-corrected chi connectivity index (χ2v) is 4.51. The van der Waals surface area contributed by atoms with E-state index < -0.39 is 0 Å². The maximum atomic E-state index is 11.6. The first-order chi connectivity index (χ1) is 6.06. The molecule has 0 bridgehead atoms. The summed E-state index contributed by atoms with van der Waals surface area (Å²) in [6.07, 6.45) is 1.83. The van der Waals surface area contributed by atoms with Crippen molar-refractivity contribution in [2.75, 3.05) is 6.54 Å². The van der Waals surface area contributed by atoms with Gasteiger partial charge in [-0.05, 0) is 25.2 Å². The van der Waals surface area contributed by atoms with Crippen LogP contribution in [0.5, 0.6) is 0 Å². The van der Waals surface area contributed by atoms with Crippen molar-refractivity contribution in [3.05, 3.63) is 0 Å². The molecule has 0 spiro atoms. The van der Waals surface area contributed by atoms with Crippen molar-refractivity contribution in [3.8, 4) is 0 Å². The van der Waals surface area contributed by atoms with Gasteiger partial charge in [0, 0.05) is 19.0 Å². The molecule has 1 amide bonds. The molecule has 1 rings (SSSR count). The van der Waals surface area contributed by atoms with E-state index in [4.69, 9.17) is 0 Å². The molecule has 1 saturated heterocycles. The lowest BCUT2D eigenvalue weighted by atomic mass is 9.95. The van der Waals surface area contributed by atoms with Crippen LogP contribution >= 0.6 is 0 Å². The summed E-state index contributed by atoms with van der Waals surface area (Å²) in [4.78, 5) is 13.7. The lowest BCUT2D eigenvalue weighted by Crippen LogP contribution is -2.34. The number of hydrogen-bond acceptors (Lipinski definition) is 1. The van der Waals surface area contributed by atoms with Crippen LogP contribution in [0.2, 0.25) is 0 Å². The first kappa shape index (κ1) is 10.6. The molecule has 1 fully saturated rings. The predicted molar refractivity (Wildman–Crippen MR) is 54.4 cm³/mol. The maximum absolute atomic E-state index is 11.6. The van der Waals surface area contributed by atoms with E-state index in [1.165, 1.54) is 0 Å². The Hall–Kier alpha value is -0.530. The molecular formula is C11H21NO. The zero-order chi connectivity index (χ0) is 10.0. The topological polar surface area (TPSA) is 20.3 Å². The van der Waals surface area contributed by atoms with Gasteiger partial charge in [-0.25, -0.2) is 0 Å². The molecule has 2 heteroatoms. The monoisotopic (exact) mass is 183 g/mol. The SMILES string of the molecule is CCC(C)N1CC(C(C)C)CC1=O. The first-order valence-electron chi connectivity index (χ1n) is 5.35. The molecule has 13 heavy (non-hydrogen) atoms. The van der Waals surface area contributed by atoms with Crippen LogP contribution in [0.1, 0.15) is 40.5 Å². The van der Waals surface area contributed by atoms with Gasteiger partial charge in [-0.1, -0.05) is 20.8 Å². The summed E-state index contributed by atoms with van der Waals surface area (Å²) >= 11 is 0. The third-order valence-corrected chi connectivity index (χ3v) is 3.25.